The maximum Gasteiger partial charge on any atom is 0.213 e. The SMILES string of the molecule is CCS(=O)(=O)N1CCN(Cc2ccc3cn[nH]c3c2)CC1. The van der Waals surface area contributed by atoms with Crippen molar-refractivity contribution >= 4 is 20.9 Å². The summed E-state index contributed by atoms with van der Waals surface area (Å²) in [6.45, 7) is 5.27. The molecule has 0 bridgehead atoms. The molecule has 1 saturated heterocycles. The summed E-state index contributed by atoms with van der Waals surface area (Å²) in [4.78, 5) is 2.29. The van der Waals surface area contributed by atoms with Crippen LogP contribution < -0.4 is 0 Å². The molecule has 3 rings (SSSR count). The van der Waals surface area contributed by atoms with Gasteiger partial charge in [0.1, 0.15) is 0 Å². The average molecular weight is 308 g/mol. The summed E-state index contributed by atoms with van der Waals surface area (Å²) in [6, 6.07) is 6.27. The Balaban J connectivity index is 1.62. The lowest BCUT2D eigenvalue weighted by Gasteiger charge is -2.33. The number of aromatic nitrogens is 2. The number of sulfonamides is 1. The van der Waals surface area contributed by atoms with Gasteiger partial charge in [0.15, 0.2) is 0 Å². The molecule has 1 aromatic carbocycles. The molecule has 1 aliphatic heterocycles. The highest BCUT2D eigenvalue weighted by molar-refractivity contribution is 7.89. The fourth-order valence-electron chi connectivity index (χ4n) is 2.69. The van der Waals surface area contributed by atoms with Crippen LogP contribution in [-0.4, -0.2) is 59.8 Å². The summed E-state index contributed by atoms with van der Waals surface area (Å²) in [5, 5.41) is 8.11. The number of hydrogen-bond donors (Lipinski definition) is 1. The minimum Gasteiger partial charge on any atom is -0.296 e. The molecule has 6 nitrogen and oxygen atoms in total. The summed E-state index contributed by atoms with van der Waals surface area (Å²) in [6.07, 6.45) is 1.81. The van der Waals surface area contributed by atoms with Crippen molar-refractivity contribution in [1.29, 1.82) is 0 Å². The van der Waals surface area contributed by atoms with Gasteiger partial charge in [-0.25, -0.2) is 8.42 Å². The Bertz CT molecular complexity index is 717. The van der Waals surface area contributed by atoms with Crippen LogP contribution in [-0.2, 0) is 16.6 Å². The molecule has 0 saturated carbocycles. The lowest BCUT2D eigenvalue weighted by molar-refractivity contribution is 0.182. The number of fused-ring (bicyclic) bond motifs is 1. The van der Waals surface area contributed by atoms with E-state index in [1.807, 2.05) is 6.20 Å². The molecule has 114 valence electrons. The molecule has 1 fully saturated rings. The van der Waals surface area contributed by atoms with E-state index in [0.717, 1.165) is 30.5 Å². The van der Waals surface area contributed by atoms with Crippen molar-refractivity contribution in [2.45, 2.75) is 13.5 Å². The molecule has 0 radical (unpaired) electrons. The van der Waals surface area contributed by atoms with Crippen molar-refractivity contribution in [3.8, 4) is 0 Å². The van der Waals surface area contributed by atoms with Crippen molar-refractivity contribution in [2.24, 2.45) is 0 Å². The summed E-state index contributed by atoms with van der Waals surface area (Å²) >= 11 is 0. The molecule has 0 unspecified atom stereocenters. The van der Waals surface area contributed by atoms with E-state index in [0.29, 0.717) is 13.1 Å². The van der Waals surface area contributed by atoms with Gasteiger partial charge in [0.05, 0.1) is 17.5 Å². The predicted molar refractivity (Wildman–Crippen MR) is 82.4 cm³/mol. The van der Waals surface area contributed by atoms with Crippen LogP contribution in [0.15, 0.2) is 24.4 Å². The molecule has 7 heteroatoms. The van der Waals surface area contributed by atoms with Crippen molar-refractivity contribution in [3.05, 3.63) is 30.0 Å². The Morgan fingerprint density at radius 1 is 1.24 bits per heavy atom. The molecule has 0 spiro atoms. The lowest BCUT2D eigenvalue weighted by atomic mass is 10.1. The van der Waals surface area contributed by atoms with Crippen LogP contribution >= 0.6 is 0 Å². The first kappa shape index (κ1) is 14.5. The van der Waals surface area contributed by atoms with Crippen molar-refractivity contribution in [1.82, 2.24) is 19.4 Å². The number of benzene rings is 1. The summed E-state index contributed by atoms with van der Waals surface area (Å²) in [7, 11) is -3.05. The molecule has 2 heterocycles. The topological polar surface area (TPSA) is 69.3 Å². The van der Waals surface area contributed by atoms with Gasteiger partial charge in [-0.15, -0.1) is 0 Å². The van der Waals surface area contributed by atoms with Crippen molar-refractivity contribution in [2.75, 3.05) is 31.9 Å². The second-order valence-electron chi connectivity index (χ2n) is 5.37. The number of piperazine rings is 1. The lowest BCUT2D eigenvalue weighted by Crippen LogP contribution is -2.48. The maximum absolute atomic E-state index is 11.8. The molecular weight excluding hydrogens is 288 g/mol. The second kappa shape index (κ2) is 5.75. The van der Waals surface area contributed by atoms with E-state index in [9.17, 15) is 8.42 Å². The molecule has 1 aliphatic rings. The Morgan fingerprint density at radius 2 is 2.00 bits per heavy atom. The summed E-state index contributed by atoms with van der Waals surface area (Å²) < 4.78 is 25.3. The zero-order valence-corrected chi connectivity index (χ0v) is 12.9. The zero-order chi connectivity index (χ0) is 14.9. The quantitative estimate of drug-likeness (QED) is 0.916. The molecule has 1 aromatic heterocycles. The highest BCUT2D eigenvalue weighted by Crippen LogP contribution is 2.16. The number of nitrogens with zero attached hydrogens (tertiary/aromatic N) is 3. The third-order valence-electron chi connectivity index (χ3n) is 4.00. The molecule has 1 N–H and O–H groups in total. The van der Waals surface area contributed by atoms with E-state index in [1.54, 1.807) is 11.2 Å². The van der Waals surface area contributed by atoms with Crippen LogP contribution in [0.3, 0.4) is 0 Å². The zero-order valence-electron chi connectivity index (χ0n) is 12.1. The van der Waals surface area contributed by atoms with Gasteiger partial charge in [-0.1, -0.05) is 12.1 Å². The largest absolute Gasteiger partial charge is 0.296 e. The minimum absolute atomic E-state index is 0.184. The monoisotopic (exact) mass is 308 g/mol. The third kappa shape index (κ3) is 3.09. The number of rotatable bonds is 4. The van der Waals surface area contributed by atoms with E-state index < -0.39 is 10.0 Å². The van der Waals surface area contributed by atoms with Gasteiger partial charge in [-0.05, 0) is 18.6 Å². The number of aromatic amines is 1. The van der Waals surface area contributed by atoms with Gasteiger partial charge in [0, 0.05) is 38.1 Å². The van der Waals surface area contributed by atoms with Crippen LogP contribution in [0.1, 0.15) is 12.5 Å². The van der Waals surface area contributed by atoms with Crippen molar-refractivity contribution in [3.63, 3.8) is 0 Å². The Morgan fingerprint density at radius 3 is 2.71 bits per heavy atom. The van der Waals surface area contributed by atoms with E-state index in [1.165, 1.54) is 5.56 Å². The minimum atomic E-state index is -3.05. The summed E-state index contributed by atoms with van der Waals surface area (Å²) in [5.41, 5.74) is 2.26. The van der Waals surface area contributed by atoms with Crippen LogP contribution in [0.25, 0.3) is 10.9 Å². The highest BCUT2D eigenvalue weighted by Gasteiger charge is 2.25. The normalized spacial score (nSPS) is 18.3. The number of hydrogen-bond acceptors (Lipinski definition) is 4. The van der Waals surface area contributed by atoms with Gasteiger partial charge in [0.2, 0.25) is 10.0 Å². The fraction of sp³-hybridized carbons (Fsp3) is 0.500. The Kier molecular flexibility index (Phi) is 3.97. The Labute approximate surface area is 124 Å². The van der Waals surface area contributed by atoms with Crippen LogP contribution in [0.4, 0.5) is 0 Å². The Hall–Kier alpha value is -1.44. The van der Waals surface area contributed by atoms with Gasteiger partial charge < -0.3 is 0 Å². The first-order chi connectivity index (χ1) is 10.1. The third-order valence-corrected chi connectivity index (χ3v) is 5.88. The van der Waals surface area contributed by atoms with Gasteiger partial charge >= 0.3 is 0 Å². The van der Waals surface area contributed by atoms with Crippen molar-refractivity contribution < 1.29 is 8.42 Å². The smallest absolute Gasteiger partial charge is 0.213 e. The van der Waals surface area contributed by atoms with Gasteiger partial charge in [-0.2, -0.15) is 9.40 Å². The first-order valence-electron chi connectivity index (χ1n) is 7.20. The molecular formula is C14H20N4O2S. The molecule has 0 atom stereocenters. The number of H-pyrrole nitrogens is 1. The van der Waals surface area contributed by atoms with E-state index in [-0.39, 0.29) is 5.75 Å². The standard InChI is InChI=1S/C14H20N4O2S/c1-2-21(19,20)18-7-5-17(6-8-18)11-12-3-4-13-10-15-16-14(13)9-12/h3-4,9-10H,2,5-8,11H2,1H3,(H,15,16). The fourth-order valence-corrected chi connectivity index (χ4v) is 3.77. The van der Waals surface area contributed by atoms with Crippen LogP contribution in [0, 0.1) is 0 Å². The maximum atomic E-state index is 11.8. The summed E-state index contributed by atoms with van der Waals surface area (Å²) in [5.74, 6) is 0.184. The van der Waals surface area contributed by atoms with Gasteiger partial charge in [0.25, 0.3) is 0 Å². The average Bonchev–Trinajstić information content (AvgIpc) is 2.95. The molecule has 21 heavy (non-hydrogen) atoms. The molecule has 2 aromatic rings. The van der Waals surface area contributed by atoms with Crippen LogP contribution in [0.2, 0.25) is 0 Å². The van der Waals surface area contributed by atoms with Gasteiger partial charge in [-0.3, -0.25) is 10.00 Å². The van der Waals surface area contributed by atoms with E-state index >= 15 is 0 Å². The molecule has 0 amide bonds. The van der Waals surface area contributed by atoms with E-state index in [2.05, 4.69) is 33.3 Å². The number of nitrogens with one attached hydrogen (secondary N) is 1. The highest BCUT2D eigenvalue weighted by atomic mass is 32.2. The van der Waals surface area contributed by atoms with Crippen LogP contribution in [0.5, 0.6) is 0 Å². The van der Waals surface area contributed by atoms with E-state index in [4.69, 9.17) is 0 Å². The predicted octanol–water partition coefficient (Wildman–Crippen LogP) is 1.03. The first-order valence-corrected chi connectivity index (χ1v) is 8.81. The molecule has 0 aliphatic carbocycles. The second-order valence-corrected chi connectivity index (χ2v) is 7.62.